The van der Waals surface area contributed by atoms with Crippen molar-refractivity contribution in [2.45, 2.75) is 13.1 Å². The molecule has 78 valence electrons. The zero-order chi connectivity index (χ0) is 10.5. The van der Waals surface area contributed by atoms with E-state index in [1.807, 2.05) is 6.07 Å². The number of hydrogen-bond acceptors (Lipinski definition) is 5. The van der Waals surface area contributed by atoms with Crippen LogP contribution in [0.4, 0.5) is 0 Å². The summed E-state index contributed by atoms with van der Waals surface area (Å²) in [5, 5.41) is 4.21. The van der Waals surface area contributed by atoms with Gasteiger partial charge >= 0.3 is 0 Å². The van der Waals surface area contributed by atoms with Gasteiger partial charge in [-0.1, -0.05) is 11.6 Å². The molecule has 0 spiro atoms. The third-order valence-electron chi connectivity index (χ3n) is 1.75. The predicted octanol–water partition coefficient (Wildman–Crippen LogP) is 1.88. The molecule has 0 unspecified atom stereocenters. The monoisotopic (exact) mass is 240 g/mol. The van der Waals surface area contributed by atoms with Crippen LogP contribution in [0, 0.1) is 0 Å². The van der Waals surface area contributed by atoms with Crippen LogP contribution in [0.1, 0.15) is 10.7 Å². The number of nitrogens with zero attached hydrogens (tertiary/aromatic N) is 3. The normalized spacial score (nSPS) is 10.5. The number of rotatable bonds is 4. The fraction of sp³-hybridized carbons (Fsp3) is 0.222. The fourth-order valence-corrected chi connectivity index (χ4v) is 2.02. The van der Waals surface area contributed by atoms with Crippen molar-refractivity contribution in [3.8, 4) is 0 Å². The van der Waals surface area contributed by atoms with Gasteiger partial charge in [-0.05, 0) is 6.07 Å². The van der Waals surface area contributed by atoms with E-state index in [2.05, 4.69) is 20.3 Å². The van der Waals surface area contributed by atoms with Gasteiger partial charge in [-0.25, -0.2) is 15.0 Å². The SMILES string of the molecule is Clc1cnc(CNCc2ccncn2)s1. The van der Waals surface area contributed by atoms with Gasteiger partial charge < -0.3 is 5.32 Å². The first kappa shape index (κ1) is 10.5. The Balaban J connectivity index is 1.80. The summed E-state index contributed by atoms with van der Waals surface area (Å²) in [7, 11) is 0. The maximum atomic E-state index is 5.76. The standard InChI is InChI=1S/C9H9ClN4S/c10-8-4-13-9(15-8)5-12-3-7-1-2-11-6-14-7/h1-2,4,6,12H,3,5H2. The van der Waals surface area contributed by atoms with Gasteiger partial charge in [0.05, 0.1) is 11.9 Å². The minimum atomic E-state index is 0.708. The van der Waals surface area contributed by atoms with Crippen molar-refractivity contribution in [1.82, 2.24) is 20.3 Å². The third kappa shape index (κ3) is 3.23. The van der Waals surface area contributed by atoms with E-state index in [0.29, 0.717) is 17.4 Å². The van der Waals surface area contributed by atoms with Crippen LogP contribution in [0.2, 0.25) is 4.34 Å². The first-order chi connectivity index (χ1) is 7.34. The van der Waals surface area contributed by atoms with Crippen LogP contribution >= 0.6 is 22.9 Å². The van der Waals surface area contributed by atoms with Crippen LogP contribution in [0.3, 0.4) is 0 Å². The zero-order valence-electron chi connectivity index (χ0n) is 7.85. The van der Waals surface area contributed by atoms with Crippen molar-refractivity contribution in [1.29, 1.82) is 0 Å². The average Bonchev–Trinajstić information content (AvgIpc) is 2.66. The number of halogens is 1. The molecule has 0 amide bonds. The van der Waals surface area contributed by atoms with E-state index in [1.54, 1.807) is 12.4 Å². The van der Waals surface area contributed by atoms with E-state index in [-0.39, 0.29) is 0 Å². The molecule has 0 aromatic carbocycles. The quantitative estimate of drug-likeness (QED) is 0.887. The molecule has 0 aliphatic carbocycles. The molecule has 6 heteroatoms. The number of hydrogen-bond donors (Lipinski definition) is 1. The summed E-state index contributed by atoms with van der Waals surface area (Å²) in [5.74, 6) is 0. The second-order valence-corrected chi connectivity index (χ2v) is 4.61. The van der Waals surface area contributed by atoms with Crippen molar-refractivity contribution >= 4 is 22.9 Å². The van der Waals surface area contributed by atoms with Crippen LogP contribution in [-0.4, -0.2) is 15.0 Å². The fourth-order valence-electron chi connectivity index (χ4n) is 1.09. The summed E-state index contributed by atoms with van der Waals surface area (Å²) in [6, 6.07) is 1.88. The first-order valence-corrected chi connectivity index (χ1v) is 5.60. The molecule has 0 radical (unpaired) electrons. The van der Waals surface area contributed by atoms with E-state index in [1.165, 1.54) is 17.7 Å². The van der Waals surface area contributed by atoms with Gasteiger partial charge in [-0.15, -0.1) is 11.3 Å². The summed E-state index contributed by atoms with van der Waals surface area (Å²) < 4.78 is 0.717. The second kappa shape index (κ2) is 5.16. The Hall–Kier alpha value is -1.04. The Morgan fingerprint density at radius 3 is 2.93 bits per heavy atom. The largest absolute Gasteiger partial charge is 0.305 e. The zero-order valence-corrected chi connectivity index (χ0v) is 9.42. The summed E-state index contributed by atoms with van der Waals surface area (Å²) in [5.41, 5.74) is 0.965. The average molecular weight is 241 g/mol. The lowest BCUT2D eigenvalue weighted by Crippen LogP contribution is -2.13. The van der Waals surface area contributed by atoms with Gasteiger partial charge in [-0.3, -0.25) is 0 Å². The highest BCUT2D eigenvalue weighted by atomic mass is 35.5. The lowest BCUT2D eigenvalue weighted by atomic mass is 10.4. The number of aromatic nitrogens is 3. The Bertz CT molecular complexity index is 417. The maximum Gasteiger partial charge on any atom is 0.115 e. The summed E-state index contributed by atoms with van der Waals surface area (Å²) in [6.45, 7) is 1.42. The maximum absolute atomic E-state index is 5.76. The topological polar surface area (TPSA) is 50.7 Å². The Morgan fingerprint density at radius 1 is 1.33 bits per heavy atom. The molecule has 0 aliphatic heterocycles. The number of nitrogens with one attached hydrogen (secondary N) is 1. The molecule has 2 rings (SSSR count). The van der Waals surface area contributed by atoms with E-state index in [9.17, 15) is 0 Å². The van der Waals surface area contributed by atoms with Gasteiger partial charge in [-0.2, -0.15) is 0 Å². The molecule has 0 atom stereocenters. The second-order valence-electron chi connectivity index (χ2n) is 2.86. The van der Waals surface area contributed by atoms with Crippen molar-refractivity contribution < 1.29 is 0 Å². The van der Waals surface area contributed by atoms with Crippen molar-refractivity contribution in [2.75, 3.05) is 0 Å². The van der Waals surface area contributed by atoms with Crippen LogP contribution in [0.15, 0.2) is 24.8 Å². The van der Waals surface area contributed by atoms with Crippen LogP contribution < -0.4 is 5.32 Å². The minimum Gasteiger partial charge on any atom is -0.305 e. The molecule has 2 heterocycles. The van der Waals surface area contributed by atoms with Gasteiger partial charge in [0, 0.05) is 19.3 Å². The molecule has 1 N–H and O–H groups in total. The van der Waals surface area contributed by atoms with E-state index in [4.69, 9.17) is 11.6 Å². The van der Waals surface area contributed by atoms with Gasteiger partial charge in [0.15, 0.2) is 0 Å². The lowest BCUT2D eigenvalue weighted by molar-refractivity contribution is 0.675. The summed E-state index contributed by atoms with van der Waals surface area (Å²) >= 11 is 7.25. The van der Waals surface area contributed by atoms with Gasteiger partial charge in [0.2, 0.25) is 0 Å². The van der Waals surface area contributed by atoms with Crippen molar-refractivity contribution in [2.24, 2.45) is 0 Å². The third-order valence-corrected chi connectivity index (χ3v) is 2.87. The molecule has 2 aromatic rings. The lowest BCUT2D eigenvalue weighted by Gasteiger charge is -2.00. The smallest absolute Gasteiger partial charge is 0.115 e. The molecule has 0 saturated heterocycles. The Labute approximate surface area is 96.4 Å². The minimum absolute atomic E-state index is 0.708. The van der Waals surface area contributed by atoms with Crippen LogP contribution in [0.25, 0.3) is 0 Å². The highest BCUT2D eigenvalue weighted by Gasteiger charge is 1.99. The highest BCUT2D eigenvalue weighted by molar-refractivity contribution is 7.15. The van der Waals surface area contributed by atoms with Crippen molar-refractivity contribution in [3.05, 3.63) is 39.8 Å². The Kier molecular flexibility index (Phi) is 3.60. The molecular formula is C9H9ClN4S. The van der Waals surface area contributed by atoms with E-state index < -0.39 is 0 Å². The highest BCUT2D eigenvalue weighted by Crippen LogP contribution is 2.17. The number of thiazole rings is 1. The molecule has 0 aliphatic rings. The van der Waals surface area contributed by atoms with Crippen LogP contribution in [0.5, 0.6) is 0 Å². The Morgan fingerprint density at radius 2 is 2.27 bits per heavy atom. The predicted molar refractivity (Wildman–Crippen MR) is 59.7 cm³/mol. The summed E-state index contributed by atoms with van der Waals surface area (Å²) in [4.78, 5) is 12.1. The molecule has 0 bridgehead atoms. The van der Waals surface area contributed by atoms with Crippen LogP contribution in [-0.2, 0) is 13.1 Å². The first-order valence-electron chi connectivity index (χ1n) is 4.40. The van der Waals surface area contributed by atoms with Crippen molar-refractivity contribution in [3.63, 3.8) is 0 Å². The van der Waals surface area contributed by atoms with E-state index in [0.717, 1.165) is 10.7 Å². The molecule has 2 aromatic heterocycles. The molecule has 4 nitrogen and oxygen atoms in total. The van der Waals surface area contributed by atoms with Gasteiger partial charge in [0.1, 0.15) is 15.7 Å². The molecular weight excluding hydrogens is 232 g/mol. The molecule has 15 heavy (non-hydrogen) atoms. The van der Waals surface area contributed by atoms with Gasteiger partial charge in [0.25, 0.3) is 0 Å². The summed E-state index contributed by atoms with van der Waals surface area (Å²) in [6.07, 6.45) is 4.93. The van der Waals surface area contributed by atoms with E-state index >= 15 is 0 Å². The molecule has 0 fully saturated rings. The molecule has 0 saturated carbocycles.